The zero-order valence-electron chi connectivity index (χ0n) is 24.0. The summed E-state index contributed by atoms with van der Waals surface area (Å²) >= 11 is 0. The number of nitrogens with zero attached hydrogens (tertiary/aromatic N) is 2. The summed E-state index contributed by atoms with van der Waals surface area (Å²) in [5, 5.41) is 7.07. The van der Waals surface area contributed by atoms with Gasteiger partial charge in [-0.3, -0.25) is 0 Å². The van der Waals surface area contributed by atoms with Crippen LogP contribution in [0.5, 0.6) is 11.5 Å². The number of aromatic nitrogens is 2. The van der Waals surface area contributed by atoms with Crippen LogP contribution in [0.25, 0.3) is 65.9 Å². The average Bonchev–Trinajstić information content (AvgIpc) is 3.05. The molecule has 2 heterocycles. The first-order valence-corrected chi connectivity index (χ1v) is 14.6. The molecule has 0 atom stereocenters. The molecule has 0 saturated carbocycles. The Bertz CT molecular complexity index is 2150. The summed E-state index contributed by atoms with van der Waals surface area (Å²) in [5.74, 6) is 1.56. The van der Waals surface area contributed by atoms with Crippen LogP contribution >= 0.6 is 0 Å². The van der Waals surface area contributed by atoms with E-state index in [2.05, 4.69) is 123 Å². The second-order valence-corrected chi connectivity index (χ2v) is 11.3. The number of ether oxygens (including phenoxy) is 1. The fourth-order valence-corrected chi connectivity index (χ4v) is 5.89. The lowest BCUT2D eigenvalue weighted by Crippen LogP contribution is -1.89. The highest BCUT2D eigenvalue weighted by molar-refractivity contribution is 6.07. The van der Waals surface area contributed by atoms with Gasteiger partial charge in [-0.1, -0.05) is 71.8 Å². The van der Waals surface area contributed by atoms with E-state index in [1.165, 1.54) is 32.7 Å². The SMILES string of the molecule is Cc1ccc2ccc3ccc(-c4ccc(Oc5ccc(-c6ccc7ccc8ccc(C)cc8c7n6)cc5)cc4)nc3c2c1. The van der Waals surface area contributed by atoms with E-state index in [1.807, 2.05) is 24.3 Å². The lowest BCUT2D eigenvalue weighted by molar-refractivity contribution is 0.483. The Morgan fingerprint density at radius 2 is 0.767 bits per heavy atom. The van der Waals surface area contributed by atoms with Crippen molar-refractivity contribution < 1.29 is 4.74 Å². The van der Waals surface area contributed by atoms with Crippen molar-refractivity contribution in [2.75, 3.05) is 0 Å². The number of hydrogen-bond acceptors (Lipinski definition) is 3. The molecule has 0 aliphatic carbocycles. The quantitative estimate of drug-likeness (QED) is 0.204. The highest BCUT2D eigenvalue weighted by Gasteiger charge is 2.09. The van der Waals surface area contributed by atoms with Gasteiger partial charge in [0.25, 0.3) is 0 Å². The number of fused-ring (bicyclic) bond motifs is 6. The summed E-state index contributed by atoms with van der Waals surface area (Å²) in [6, 6.07) is 46.4. The molecule has 0 N–H and O–H groups in total. The van der Waals surface area contributed by atoms with Gasteiger partial charge in [0.2, 0.25) is 0 Å². The number of hydrogen-bond donors (Lipinski definition) is 0. The van der Waals surface area contributed by atoms with E-state index >= 15 is 0 Å². The standard InChI is InChI=1S/C40H28N2O/c1-25-3-5-27-7-9-31-15-21-37(41-39(31)35(27)23-25)29-11-17-33(18-12-29)43-34-19-13-30(14-20-34)38-22-16-32-10-8-28-6-4-26(2)24-36(28)40(32)42-38/h3-24H,1-2H3. The Balaban J connectivity index is 1.04. The number of pyridine rings is 2. The monoisotopic (exact) mass is 552 g/mol. The highest BCUT2D eigenvalue weighted by atomic mass is 16.5. The maximum atomic E-state index is 6.20. The van der Waals surface area contributed by atoms with E-state index in [4.69, 9.17) is 14.7 Å². The second-order valence-electron chi connectivity index (χ2n) is 11.3. The second kappa shape index (κ2) is 10.1. The summed E-state index contributed by atoms with van der Waals surface area (Å²) in [7, 11) is 0. The van der Waals surface area contributed by atoms with Gasteiger partial charge in [0.05, 0.1) is 22.4 Å². The van der Waals surface area contributed by atoms with Crippen molar-refractivity contribution in [2.45, 2.75) is 13.8 Å². The van der Waals surface area contributed by atoms with Crippen molar-refractivity contribution in [1.82, 2.24) is 9.97 Å². The first-order chi connectivity index (χ1) is 21.1. The zero-order chi connectivity index (χ0) is 28.9. The fourth-order valence-electron chi connectivity index (χ4n) is 5.89. The minimum atomic E-state index is 0.782. The predicted octanol–water partition coefficient (Wildman–Crippen LogP) is 10.8. The third-order valence-electron chi connectivity index (χ3n) is 8.20. The molecule has 0 radical (unpaired) electrons. The molecule has 43 heavy (non-hydrogen) atoms. The van der Waals surface area contributed by atoms with Crippen LogP contribution in [0.3, 0.4) is 0 Å². The zero-order valence-corrected chi connectivity index (χ0v) is 24.0. The molecule has 0 aliphatic heterocycles. The summed E-state index contributed by atoms with van der Waals surface area (Å²) in [4.78, 5) is 10.1. The van der Waals surface area contributed by atoms with Crippen LogP contribution in [0.2, 0.25) is 0 Å². The molecule has 0 fully saturated rings. The van der Waals surface area contributed by atoms with Crippen LogP contribution in [-0.2, 0) is 0 Å². The predicted molar refractivity (Wildman–Crippen MR) is 179 cm³/mol. The maximum absolute atomic E-state index is 6.20. The smallest absolute Gasteiger partial charge is 0.127 e. The van der Waals surface area contributed by atoms with Crippen molar-refractivity contribution >= 4 is 43.4 Å². The molecule has 0 unspecified atom stereocenters. The summed E-state index contributed by atoms with van der Waals surface area (Å²) < 4.78 is 6.20. The molecule has 8 rings (SSSR count). The largest absolute Gasteiger partial charge is 0.457 e. The molecule has 8 aromatic rings. The number of rotatable bonds is 4. The Labute approximate surface area is 250 Å². The van der Waals surface area contributed by atoms with Gasteiger partial charge in [-0.05, 0) is 97.4 Å². The Kier molecular flexibility index (Phi) is 5.90. The first-order valence-electron chi connectivity index (χ1n) is 14.6. The van der Waals surface area contributed by atoms with Gasteiger partial charge in [-0.15, -0.1) is 0 Å². The third-order valence-corrected chi connectivity index (χ3v) is 8.20. The minimum absolute atomic E-state index is 0.782. The molecular weight excluding hydrogens is 524 g/mol. The normalized spacial score (nSPS) is 11.5. The van der Waals surface area contributed by atoms with Crippen molar-refractivity contribution in [3.63, 3.8) is 0 Å². The van der Waals surface area contributed by atoms with Crippen LogP contribution in [0, 0.1) is 13.8 Å². The van der Waals surface area contributed by atoms with Gasteiger partial charge in [-0.2, -0.15) is 0 Å². The van der Waals surface area contributed by atoms with E-state index in [0.29, 0.717) is 0 Å². The van der Waals surface area contributed by atoms with Crippen LogP contribution < -0.4 is 4.74 Å². The van der Waals surface area contributed by atoms with Gasteiger partial charge in [0.1, 0.15) is 11.5 Å². The van der Waals surface area contributed by atoms with E-state index < -0.39 is 0 Å². The number of aryl methyl sites for hydroxylation is 2. The van der Waals surface area contributed by atoms with Gasteiger partial charge in [0.15, 0.2) is 0 Å². The fraction of sp³-hybridized carbons (Fsp3) is 0.0500. The van der Waals surface area contributed by atoms with E-state index in [0.717, 1.165) is 55.8 Å². The molecule has 6 aromatic carbocycles. The van der Waals surface area contributed by atoms with E-state index in [1.54, 1.807) is 0 Å². The minimum Gasteiger partial charge on any atom is -0.457 e. The van der Waals surface area contributed by atoms with Crippen LogP contribution in [0.4, 0.5) is 0 Å². The Hall–Kier alpha value is -5.54. The number of benzene rings is 6. The Morgan fingerprint density at radius 1 is 0.395 bits per heavy atom. The van der Waals surface area contributed by atoms with Gasteiger partial charge >= 0.3 is 0 Å². The summed E-state index contributed by atoms with van der Waals surface area (Å²) in [6.07, 6.45) is 0. The average molecular weight is 553 g/mol. The molecule has 0 aliphatic rings. The Morgan fingerprint density at radius 3 is 1.21 bits per heavy atom. The molecule has 3 heteroatoms. The van der Waals surface area contributed by atoms with E-state index in [-0.39, 0.29) is 0 Å². The van der Waals surface area contributed by atoms with E-state index in [9.17, 15) is 0 Å². The molecule has 0 bridgehead atoms. The van der Waals surface area contributed by atoms with Crippen LogP contribution in [-0.4, -0.2) is 9.97 Å². The van der Waals surface area contributed by atoms with Gasteiger partial charge < -0.3 is 4.74 Å². The molecule has 0 saturated heterocycles. The topological polar surface area (TPSA) is 35.0 Å². The van der Waals surface area contributed by atoms with Crippen molar-refractivity contribution in [2.24, 2.45) is 0 Å². The van der Waals surface area contributed by atoms with Gasteiger partial charge in [0, 0.05) is 32.7 Å². The summed E-state index contributed by atoms with van der Waals surface area (Å²) in [5.41, 5.74) is 8.54. The molecule has 204 valence electrons. The van der Waals surface area contributed by atoms with Crippen molar-refractivity contribution in [3.05, 3.63) is 145 Å². The molecule has 2 aromatic heterocycles. The first kappa shape index (κ1) is 25.2. The highest BCUT2D eigenvalue weighted by Crippen LogP contribution is 2.32. The maximum Gasteiger partial charge on any atom is 0.127 e. The lowest BCUT2D eigenvalue weighted by atomic mass is 10.0. The molecule has 3 nitrogen and oxygen atoms in total. The van der Waals surface area contributed by atoms with Crippen molar-refractivity contribution in [1.29, 1.82) is 0 Å². The third kappa shape index (κ3) is 4.65. The molecule has 0 spiro atoms. The molecular formula is C40H28N2O. The lowest BCUT2D eigenvalue weighted by Gasteiger charge is -2.10. The van der Waals surface area contributed by atoms with Crippen molar-refractivity contribution in [3.8, 4) is 34.0 Å². The van der Waals surface area contributed by atoms with Gasteiger partial charge in [-0.25, -0.2) is 9.97 Å². The van der Waals surface area contributed by atoms with Crippen LogP contribution in [0.15, 0.2) is 133 Å². The summed E-state index contributed by atoms with van der Waals surface area (Å²) in [6.45, 7) is 4.24. The van der Waals surface area contributed by atoms with Crippen LogP contribution in [0.1, 0.15) is 11.1 Å². The molecule has 0 amide bonds.